The zero-order chi connectivity index (χ0) is 25.5. The van der Waals surface area contributed by atoms with Gasteiger partial charge in [-0.15, -0.1) is 0 Å². The molecule has 2 aromatic rings. The topological polar surface area (TPSA) is 119 Å². The molecule has 0 bridgehead atoms. The van der Waals surface area contributed by atoms with Crippen LogP contribution in [-0.4, -0.2) is 51.5 Å². The predicted molar refractivity (Wildman–Crippen MR) is 132 cm³/mol. The van der Waals surface area contributed by atoms with Crippen LogP contribution in [0.3, 0.4) is 0 Å². The summed E-state index contributed by atoms with van der Waals surface area (Å²) < 4.78 is 6.54. The average Bonchev–Trinajstić information content (AvgIpc) is 3.22. The molecule has 8 heteroatoms. The number of rotatable bonds is 7. The van der Waals surface area contributed by atoms with Crippen molar-refractivity contribution in [3.8, 4) is 0 Å². The van der Waals surface area contributed by atoms with Gasteiger partial charge >= 0.3 is 0 Å². The molecule has 1 spiro atoms. The van der Waals surface area contributed by atoms with Crippen molar-refractivity contribution in [2.75, 3.05) is 16.8 Å². The Bertz CT molecular complexity index is 1100. The molecule has 1 saturated heterocycles. The number of carbonyl (C=O) groups is 2. The maximum atomic E-state index is 14.2. The second-order valence-corrected chi connectivity index (χ2v) is 10.1. The highest BCUT2D eigenvalue weighted by Crippen LogP contribution is 2.58. The second kappa shape index (κ2) is 9.35. The fourth-order valence-electron chi connectivity index (χ4n) is 5.72. The number of carbonyl (C=O) groups excluding carboxylic acids is 2. The Morgan fingerprint density at radius 1 is 1.23 bits per heavy atom. The van der Waals surface area contributed by atoms with Gasteiger partial charge < -0.3 is 30.3 Å². The van der Waals surface area contributed by atoms with Gasteiger partial charge in [0.15, 0.2) is 5.60 Å². The largest absolute Gasteiger partial charge is 0.396 e. The maximum absolute atomic E-state index is 14.2. The maximum Gasteiger partial charge on any atom is 0.264 e. The summed E-state index contributed by atoms with van der Waals surface area (Å²) in [6, 6.07) is 14.8. The van der Waals surface area contributed by atoms with Gasteiger partial charge in [0.25, 0.3) is 11.8 Å². The van der Waals surface area contributed by atoms with Crippen LogP contribution in [-0.2, 0) is 26.5 Å². The first-order valence-corrected chi connectivity index (χ1v) is 12.0. The van der Waals surface area contributed by atoms with E-state index in [0.29, 0.717) is 23.5 Å². The predicted octanol–water partition coefficient (Wildman–Crippen LogP) is 2.55. The smallest absolute Gasteiger partial charge is 0.264 e. The van der Waals surface area contributed by atoms with Crippen LogP contribution in [0.2, 0.25) is 0 Å². The van der Waals surface area contributed by atoms with Gasteiger partial charge in [0.2, 0.25) is 0 Å². The van der Waals surface area contributed by atoms with Gasteiger partial charge in [-0.3, -0.25) is 9.59 Å². The number of aliphatic hydroxyl groups excluding tert-OH is 2. The molecule has 4 rings (SSSR count). The molecule has 188 valence electrons. The van der Waals surface area contributed by atoms with E-state index in [4.69, 9.17) is 4.74 Å². The zero-order valence-electron chi connectivity index (χ0n) is 20.6. The molecule has 5 atom stereocenters. The van der Waals surface area contributed by atoms with Gasteiger partial charge in [-0.2, -0.15) is 0 Å². The molecule has 2 amide bonds. The van der Waals surface area contributed by atoms with Crippen molar-refractivity contribution in [2.24, 2.45) is 11.8 Å². The molecule has 0 saturated carbocycles. The summed E-state index contributed by atoms with van der Waals surface area (Å²) >= 11 is 0. The third kappa shape index (κ3) is 4.36. The number of anilines is 2. The van der Waals surface area contributed by atoms with Crippen molar-refractivity contribution in [2.45, 2.75) is 64.1 Å². The quantitative estimate of drug-likeness (QED) is 0.482. The number of nitrogens with one attached hydrogen (secondary N) is 1. The summed E-state index contributed by atoms with van der Waals surface area (Å²) in [5, 5.41) is 33.1. The molecule has 0 radical (unpaired) electrons. The highest BCUT2D eigenvalue weighted by atomic mass is 16.5. The van der Waals surface area contributed by atoms with E-state index in [1.807, 2.05) is 37.3 Å². The van der Waals surface area contributed by atoms with Crippen LogP contribution in [0.4, 0.5) is 11.4 Å². The minimum atomic E-state index is -1.39. The number of ether oxygens (including phenoxy) is 1. The second-order valence-electron chi connectivity index (χ2n) is 10.1. The summed E-state index contributed by atoms with van der Waals surface area (Å²) in [5.74, 6) is -1.64. The van der Waals surface area contributed by atoms with E-state index < -0.39 is 41.2 Å². The molecule has 0 unspecified atom stereocenters. The first-order chi connectivity index (χ1) is 16.5. The third-order valence-corrected chi connectivity index (χ3v) is 7.23. The molecule has 0 aromatic heterocycles. The molecule has 2 heterocycles. The van der Waals surface area contributed by atoms with Gasteiger partial charge in [0, 0.05) is 29.7 Å². The van der Waals surface area contributed by atoms with Crippen molar-refractivity contribution in [3.05, 3.63) is 59.7 Å². The van der Waals surface area contributed by atoms with Gasteiger partial charge in [-0.05, 0) is 51.0 Å². The molecule has 4 N–H and O–H groups in total. The summed E-state index contributed by atoms with van der Waals surface area (Å²) in [6.07, 6.45) is -1.46. The van der Waals surface area contributed by atoms with Crippen LogP contribution in [0, 0.1) is 11.8 Å². The lowest BCUT2D eigenvalue weighted by atomic mass is 9.71. The first kappa shape index (κ1) is 25.3. The van der Waals surface area contributed by atoms with E-state index in [1.54, 1.807) is 36.9 Å². The van der Waals surface area contributed by atoms with E-state index >= 15 is 0 Å². The monoisotopic (exact) mass is 482 g/mol. The van der Waals surface area contributed by atoms with Crippen molar-refractivity contribution >= 4 is 23.2 Å². The van der Waals surface area contributed by atoms with E-state index in [9.17, 15) is 24.9 Å². The number of hydrogen-bond acceptors (Lipinski definition) is 6. The number of aliphatic hydroxyl groups is 3. The Balaban J connectivity index is 1.84. The summed E-state index contributed by atoms with van der Waals surface area (Å²) in [5.41, 5.74) is 0.106. The normalized spacial score (nSPS) is 26.8. The van der Waals surface area contributed by atoms with Crippen molar-refractivity contribution < 1.29 is 29.6 Å². The lowest BCUT2D eigenvalue weighted by molar-refractivity contribution is -0.146. The van der Waals surface area contributed by atoms with Gasteiger partial charge in [-0.25, -0.2) is 0 Å². The summed E-state index contributed by atoms with van der Waals surface area (Å²) in [6.45, 7) is 6.87. The van der Waals surface area contributed by atoms with Crippen molar-refractivity contribution in [1.29, 1.82) is 0 Å². The minimum Gasteiger partial charge on any atom is -0.396 e. The molecule has 1 fully saturated rings. The van der Waals surface area contributed by atoms with E-state index in [1.165, 1.54) is 6.92 Å². The lowest BCUT2D eigenvalue weighted by Gasteiger charge is -2.34. The Labute approximate surface area is 205 Å². The highest BCUT2D eigenvalue weighted by molar-refractivity contribution is 6.08. The van der Waals surface area contributed by atoms with Crippen LogP contribution < -0.4 is 10.2 Å². The van der Waals surface area contributed by atoms with E-state index in [2.05, 4.69) is 5.32 Å². The van der Waals surface area contributed by atoms with Crippen molar-refractivity contribution in [1.82, 2.24) is 0 Å². The minimum absolute atomic E-state index is 0.140. The number of amides is 2. The fraction of sp³-hybridized carbons (Fsp3) is 0.481. The van der Waals surface area contributed by atoms with Crippen molar-refractivity contribution in [3.63, 3.8) is 0 Å². The van der Waals surface area contributed by atoms with Gasteiger partial charge in [-0.1, -0.05) is 37.3 Å². The molecular formula is C27H34N2O6. The SMILES string of the molecule is C[C@H](O)C(=O)Nc1ccc2c(c1)[C@]1(O[C@@H](CCO)[C@H](C(C)(C)O)[C@H]1C)C(=O)N2Cc1ccccc1. The molecule has 2 aromatic carbocycles. The lowest BCUT2D eigenvalue weighted by Crippen LogP contribution is -2.46. The average molecular weight is 483 g/mol. The number of hydrogen-bond donors (Lipinski definition) is 4. The van der Waals surface area contributed by atoms with E-state index in [0.717, 1.165) is 5.56 Å². The molecule has 0 aliphatic carbocycles. The highest BCUT2D eigenvalue weighted by Gasteiger charge is 2.65. The Morgan fingerprint density at radius 2 is 1.91 bits per heavy atom. The Kier molecular flexibility index (Phi) is 6.76. The Hall–Kier alpha value is -2.78. The molecule has 2 aliphatic heterocycles. The molecule has 35 heavy (non-hydrogen) atoms. The third-order valence-electron chi connectivity index (χ3n) is 7.23. The van der Waals surface area contributed by atoms with Gasteiger partial charge in [0.05, 0.1) is 23.9 Å². The van der Waals surface area contributed by atoms with E-state index in [-0.39, 0.29) is 18.9 Å². The number of benzene rings is 2. The fourth-order valence-corrected chi connectivity index (χ4v) is 5.72. The molecule has 2 aliphatic rings. The summed E-state index contributed by atoms with van der Waals surface area (Å²) in [4.78, 5) is 28.0. The van der Waals surface area contributed by atoms with Crippen LogP contribution in [0.25, 0.3) is 0 Å². The molecular weight excluding hydrogens is 448 g/mol. The first-order valence-electron chi connectivity index (χ1n) is 12.0. The number of fused-ring (bicyclic) bond motifs is 2. The van der Waals surface area contributed by atoms with Crippen LogP contribution in [0.15, 0.2) is 48.5 Å². The van der Waals surface area contributed by atoms with Crippen LogP contribution >= 0.6 is 0 Å². The standard InChI is InChI=1S/C27H34N2O6/c1-16-23(26(3,4)34)22(12-13-30)35-27(16)20-14-19(28-24(32)17(2)31)10-11-21(20)29(25(27)33)15-18-8-6-5-7-9-18/h5-11,14,16-17,22-23,30-31,34H,12-13,15H2,1-4H3,(H,28,32)/t16-,17+,22+,23-,27+/m1/s1. The van der Waals surface area contributed by atoms with Gasteiger partial charge in [0.1, 0.15) is 6.10 Å². The molecule has 8 nitrogen and oxygen atoms in total. The zero-order valence-corrected chi connectivity index (χ0v) is 20.6. The Morgan fingerprint density at radius 3 is 2.51 bits per heavy atom. The number of nitrogens with zero attached hydrogens (tertiary/aromatic N) is 1. The van der Waals surface area contributed by atoms with Crippen LogP contribution in [0.5, 0.6) is 0 Å². The summed E-state index contributed by atoms with van der Waals surface area (Å²) in [7, 11) is 0. The van der Waals surface area contributed by atoms with Crippen LogP contribution in [0.1, 0.15) is 45.2 Å².